The molecule has 3 nitrogen and oxygen atoms in total. The van der Waals surface area contributed by atoms with Crippen LogP contribution in [-0.4, -0.2) is 8.80 Å². The summed E-state index contributed by atoms with van der Waals surface area (Å²) in [6.45, 7) is 2.52. The topological polar surface area (TPSA) is 9.72 Å². The van der Waals surface area contributed by atoms with E-state index >= 15 is 0 Å². The molecule has 0 saturated heterocycles. The average Bonchev–Trinajstić information content (AvgIpc) is 3.28. The van der Waals surface area contributed by atoms with E-state index in [-0.39, 0.29) is 0 Å². The average molecular weight is 748 g/mol. The van der Waals surface area contributed by atoms with Crippen molar-refractivity contribution in [3.63, 3.8) is 0 Å². The Balaban J connectivity index is 1.24. The van der Waals surface area contributed by atoms with Crippen LogP contribution in [0.25, 0.3) is 21.9 Å². The fraction of sp³-hybridized carbons (Fsp3) is 0.0189. The van der Waals surface area contributed by atoms with Crippen LogP contribution in [0.4, 0.5) is 51.2 Å². The highest BCUT2D eigenvalue weighted by Crippen LogP contribution is 2.44. The second-order valence-corrected chi connectivity index (χ2v) is 17.3. The molecule has 0 saturated carbocycles. The summed E-state index contributed by atoms with van der Waals surface area (Å²) >= 11 is 0. The minimum Gasteiger partial charge on any atom is -0.311 e. The molecule has 0 bridgehead atoms. The second kappa shape index (κ2) is 14.8. The Labute approximate surface area is 336 Å². The lowest BCUT2D eigenvalue weighted by Crippen LogP contribution is -2.44. The van der Waals surface area contributed by atoms with E-state index in [9.17, 15) is 0 Å². The highest BCUT2D eigenvalue weighted by atomic mass is 28.3. The Bertz CT molecular complexity index is 2670. The van der Waals surface area contributed by atoms with Crippen molar-refractivity contribution in [3.8, 4) is 11.1 Å². The van der Waals surface area contributed by atoms with Crippen LogP contribution in [0.15, 0.2) is 224 Å². The smallest absolute Gasteiger partial charge is 0.102 e. The Kier molecular flexibility index (Phi) is 8.94. The van der Waals surface area contributed by atoms with E-state index in [0.29, 0.717) is 0 Å². The summed E-state index contributed by atoms with van der Waals surface area (Å²) in [4.78, 5) is 7.19. The van der Waals surface area contributed by atoms with Gasteiger partial charge in [0.15, 0.2) is 0 Å². The van der Waals surface area contributed by atoms with Gasteiger partial charge in [-0.2, -0.15) is 0 Å². The summed E-state index contributed by atoms with van der Waals surface area (Å²) in [5.41, 5.74) is 12.9. The van der Waals surface area contributed by atoms with Gasteiger partial charge in [0.05, 0.1) is 0 Å². The molecule has 0 radical (unpaired) electrons. The maximum atomic E-state index is 2.52. The molecule has 9 aromatic rings. The van der Waals surface area contributed by atoms with Crippen LogP contribution in [0.1, 0.15) is 0 Å². The quantitative estimate of drug-likeness (QED) is 0.136. The third kappa shape index (κ3) is 6.36. The van der Waals surface area contributed by atoms with Crippen LogP contribution < -0.4 is 25.1 Å². The standard InChI is InChI=1S/C53H41N3Si/c1-57-51-37-46(54(40-20-8-2-9-21-40)41-22-10-3-11-23-41)32-33-49(51)50-36-47(55(42-24-12-4-13-25-42)43-26-14-5-15-27-43)34-39-35-48(38-52(57)53(39)50)56(44-28-16-6-17-29-44)45-30-18-7-19-31-45/h2-38,57H,1H3. The lowest BCUT2D eigenvalue weighted by molar-refractivity contribution is 1.28. The zero-order valence-corrected chi connectivity index (χ0v) is 32.9. The fourth-order valence-corrected chi connectivity index (χ4v) is 11.2. The third-order valence-corrected chi connectivity index (χ3v) is 14.0. The summed E-state index contributed by atoms with van der Waals surface area (Å²) in [5, 5.41) is 5.52. The number of hydrogen-bond acceptors (Lipinski definition) is 3. The van der Waals surface area contributed by atoms with Gasteiger partial charge in [-0.15, -0.1) is 0 Å². The minimum absolute atomic E-state index is 1.12. The number of fused-ring (bicyclic) bond motifs is 2. The van der Waals surface area contributed by atoms with Crippen LogP contribution in [-0.2, 0) is 0 Å². The maximum Gasteiger partial charge on any atom is 0.102 e. The first-order valence-electron chi connectivity index (χ1n) is 19.7. The number of nitrogens with zero attached hydrogens (tertiary/aromatic N) is 3. The van der Waals surface area contributed by atoms with E-state index in [1.54, 1.807) is 0 Å². The second-order valence-electron chi connectivity index (χ2n) is 14.6. The van der Waals surface area contributed by atoms with E-state index < -0.39 is 8.80 Å². The molecule has 4 heteroatoms. The Morgan fingerprint density at radius 1 is 0.281 bits per heavy atom. The van der Waals surface area contributed by atoms with Gasteiger partial charge in [-0.25, -0.2) is 0 Å². The Morgan fingerprint density at radius 3 is 1.00 bits per heavy atom. The van der Waals surface area contributed by atoms with Crippen molar-refractivity contribution in [1.82, 2.24) is 0 Å². The molecule has 0 spiro atoms. The SMILES string of the molecule is C[SiH]1c2cc(N(c3ccccc3)c3ccccc3)ccc2-c2cc(N(c3ccccc3)c3ccccc3)cc3cc(N(c4ccccc4)c4ccccc4)cc1c23. The van der Waals surface area contributed by atoms with E-state index in [4.69, 9.17) is 0 Å². The van der Waals surface area contributed by atoms with Crippen molar-refractivity contribution in [2.45, 2.75) is 6.55 Å². The number of hydrogen-bond donors (Lipinski definition) is 0. The molecule has 272 valence electrons. The first-order valence-corrected chi connectivity index (χ1v) is 22.0. The van der Waals surface area contributed by atoms with Crippen molar-refractivity contribution >= 4 is 81.1 Å². The van der Waals surface area contributed by atoms with Gasteiger partial charge in [0.2, 0.25) is 0 Å². The van der Waals surface area contributed by atoms with Crippen LogP contribution in [0.3, 0.4) is 0 Å². The predicted octanol–water partition coefficient (Wildman–Crippen LogP) is 13.2. The molecule has 0 aromatic heterocycles. The molecule has 10 rings (SSSR count). The van der Waals surface area contributed by atoms with Crippen molar-refractivity contribution < 1.29 is 0 Å². The number of anilines is 9. The molecule has 1 heterocycles. The van der Waals surface area contributed by atoms with Gasteiger partial charge in [-0.3, -0.25) is 0 Å². The molecule has 0 fully saturated rings. The molecule has 1 aliphatic rings. The largest absolute Gasteiger partial charge is 0.311 e. The predicted molar refractivity (Wildman–Crippen MR) is 246 cm³/mol. The van der Waals surface area contributed by atoms with Crippen molar-refractivity contribution in [1.29, 1.82) is 0 Å². The molecular weight excluding hydrogens is 707 g/mol. The highest BCUT2D eigenvalue weighted by molar-refractivity contribution is 6.88. The summed E-state index contributed by atoms with van der Waals surface area (Å²) in [5.74, 6) is 0. The summed E-state index contributed by atoms with van der Waals surface area (Å²) in [6, 6.07) is 81.4. The number of benzene rings is 9. The monoisotopic (exact) mass is 747 g/mol. The zero-order valence-electron chi connectivity index (χ0n) is 31.8. The molecule has 0 aliphatic carbocycles. The van der Waals surface area contributed by atoms with Gasteiger partial charge in [0, 0.05) is 51.2 Å². The van der Waals surface area contributed by atoms with E-state index in [0.717, 1.165) is 45.5 Å². The highest BCUT2D eigenvalue weighted by Gasteiger charge is 2.30. The molecule has 9 aromatic carbocycles. The molecule has 57 heavy (non-hydrogen) atoms. The van der Waals surface area contributed by atoms with Gasteiger partial charge >= 0.3 is 0 Å². The van der Waals surface area contributed by atoms with Crippen molar-refractivity contribution in [3.05, 3.63) is 224 Å². The molecule has 0 N–H and O–H groups in total. The Hall–Kier alpha value is -7.14. The summed E-state index contributed by atoms with van der Waals surface area (Å²) in [6.07, 6.45) is 0. The third-order valence-electron chi connectivity index (χ3n) is 11.2. The van der Waals surface area contributed by atoms with Gasteiger partial charge < -0.3 is 14.7 Å². The fourth-order valence-electron chi connectivity index (χ4n) is 8.59. The van der Waals surface area contributed by atoms with Crippen LogP contribution in [0.2, 0.25) is 6.55 Å². The van der Waals surface area contributed by atoms with Crippen molar-refractivity contribution in [2.24, 2.45) is 0 Å². The molecule has 0 amide bonds. The Morgan fingerprint density at radius 2 is 0.614 bits per heavy atom. The van der Waals surface area contributed by atoms with E-state index in [1.165, 1.54) is 38.0 Å². The van der Waals surface area contributed by atoms with Gasteiger partial charge in [0.25, 0.3) is 0 Å². The molecule has 1 atom stereocenters. The van der Waals surface area contributed by atoms with Gasteiger partial charge in [-0.05, 0) is 141 Å². The minimum atomic E-state index is -1.75. The van der Waals surface area contributed by atoms with Crippen LogP contribution >= 0.6 is 0 Å². The molecular formula is C53H41N3Si. The van der Waals surface area contributed by atoms with Crippen LogP contribution in [0.5, 0.6) is 0 Å². The van der Waals surface area contributed by atoms with Gasteiger partial charge in [0.1, 0.15) is 8.80 Å². The van der Waals surface area contributed by atoms with Crippen molar-refractivity contribution in [2.75, 3.05) is 14.7 Å². The van der Waals surface area contributed by atoms with E-state index in [2.05, 4.69) is 246 Å². The molecule has 1 unspecified atom stereocenters. The molecule has 1 aliphatic heterocycles. The van der Waals surface area contributed by atoms with Crippen LogP contribution in [0, 0.1) is 0 Å². The maximum absolute atomic E-state index is 2.52. The normalized spacial score (nSPS) is 12.8. The first-order chi connectivity index (χ1) is 28.2. The number of para-hydroxylation sites is 6. The number of rotatable bonds is 9. The zero-order chi connectivity index (χ0) is 38.1. The summed E-state index contributed by atoms with van der Waals surface area (Å²) < 4.78 is 0. The lowest BCUT2D eigenvalue weighted by Gasteiger charge is -2.33. The first kappa shape index (κ1) is 34.4. The summed E-state index contributed by atoms with van der Waals surface area (Å²) in [7, 11) is -1.75. The lowest BCUT2D eigenvalue weighted by atomic mass is 9.94. The van der Waals surface area contributed by atoms with E-state index in [1.807, 2.05) is 0 Å². The van der Waals surface area contributed by atoms with Gasteiger partial charge in [-0.1, -0.05) is 122 Å².